The number of nitriles is 1. The Morgan fingerprint density at radius 3 is 2.75 bits per heavy atom. The van der Waals surface area contributed by atoms with Crippen LogP contribution in [0.3, 0.4) is 0 Å². The number of rotatable bonds is 6. The van der Waals surface area contributed by atoms with E-state index in [4.69, 9.17) is 15.0 Å². The van der Waals surface area contributed by atoms with Gasteiger partial charge in [-0.25, -0.2) is 4.99 Å². The summed E-state index contributed by atoms with van der Waals surface area (Å²) in [7, 11) is 1.71. The average molecular weight is 377 g/mol. The van der Waals surface area contributed by atoms with Crippen LogP contribution >= 0.6 is 0 Å². The van der Waals surface area contributed by atoms with Crippen molar-refractivity contribution in [2.45, 2.75) is 25.9 Å². The van der Waals surface area contributed by atoms with Gasteiger partial charge in [-0.3, -0.25) is 0 Å². The third-order valence-corrected chi connectivity index (χ3v) is 4.80. The van der Waals surface area contributed by atoms with Crippen LogP contribution in [0.4, 0.5) is 5.69 Å². The second-order valence-electron chi connectivity index (χ2n) is 6.75. The van der Waals surface area contributed by atoms with Crippen LogP contribution in [0.15, 0.2) is 53.5 Å². The summed E-state index contributed by atoms with van der Waals surface area (Å²) in [5.41, 5.74) is 2.88. The van der Waals surface area contributed by atoms with E-state index in [1.54, 1.807) is 7.11 Å². The summed E-state index contributed by atoms with van der Waals surface area (Å²) in [4.78, 5) is 7.05. The fourth-order valence-electron chi connectivity index (χ4n) is 3.36. The Bertz CT molecular complexity index is 841. The van der Waals surface area contributed by atoms with Gasteiger partial charge in [0.1, 0.15) is 5.75 Å². The molecule has 0 spiro atoms. The van der Waals surface area contributed by atoms with Gasteiger partial charge in [0.05, 0.1) is 31.0 Å². The molecule has 28 heavy (non-hydrogen) atoms. The van der Waals surface area contributed by atoms with E-state index in [-0.39, 0.29) is 0 Å². The van der Waals surface area contributed by atoms with Gasteiger partial charge in [-0.15, -0.1) is 0 Å². The van der Waals surface area contributed by atoms with E-state index in [9.17, 15) is 0 Å². The van der Waals surface area contributed by atoms with Crippen LogP contribution in [0.2, 0.25) is 0 Å². The molecule has 1 aliphatic heterocycles. The largest absolute Gasteiger partial charge is 0.495 e. The highest BCUT2D eigenvalue weighted by molar-refractivity contribution is 5.80. The standard InChI is InChI=1S/C22H27N5O/c1-3-24-22(25-15-18-10-8-17(14-23)9-11-18)26-19-12-13-27(16-19)20-6-4-5-7-21(20)28-2/h4-11,19H,3,12-13,15-16H2,1-2H3,(H2,24,25,26). The van der Waals surface area contributed by atoms with Crippen molar-refractivity contribution in [3.63, 3.8) is 0 Å². The number of hydrogen-bond acceptors (Lipinski definition) is 4. The monoisotopic (exact) mass is 377 g/mol. The molecule has 1 saturated heterocycles. The molecule has 0 bridgehead atoms. The molecule has 146 valence electrons. The molecule has 0 aliphatic carbocycles. The number of aliphatic imine (C=N–C) groups is 1. The quantitative estimate of drug-likeness (QED) is 0.598. The van der Waals surface area contributed by atoms with Gasteiger partial charge >= 0.3 is 0 Å². The minimum Gasteiger partial charge on any atom is -0.495 e. The van der Waals surface area contributed by atoms with E-state index in [0.29, 0.717) is 18.2 Å². The lowest BCUT2D eigenvalue weighted by atomic mass is 10.1. The molecule has 0 saturated carbocycles. The molecule has 2 aromatic rings. The van der Waals surface area contributed by atoms with Gasteiger partial charge in [-0.05, 0) is 43.2 Å². The van der Waals surface area contributed by atoms with E-state index in [2.05, 4.69) is 34.6 Å². The Balaban J connectivity index is 1.62. The van der Waals surface area contributed by atoms with E-state index in [0.717, 1.165) is 49.0 Å². The number of anilines is 1. The molecular weight excluding hydrogens is 350 g/mol. The van der Waals surface area contributed by atoms with Crippen molar-refractivity contribution < 1.29 is 4.74 Å². The average Bonchev–Trinajstić information content (AvgIpc) is 3.21. The first-order valence-electron chi connectivity index (χ1n) is 9.65. The minimum atomic E-state index is 0.323. The molecule has 3 rings (SSSR count). The normalized spacial score (nSPS) is 16.5. The summed E-state index contributed by atoms with van der Waals surface area (Å²) in [5, 5.41) is 15.8. The van der Waals surface area contributed by atoms with Gasteiger partial charge in [0.25, 0.3) is 0 Å². The van der Waals surface area contributed by atoms with Gasteiger partial charge in [-0.2, -0.15) is 5.26 Å². The SMILES string of the molecule is CCNC(=NCc1ccc(C#N)cc1)NC1CCN(c2ccccc2OC)C1. The molecule has 1 unspecified atom stereocenters. The van der Waals surface area contributed by atoms with Crippen LogP contribution in [0.5, 0.6) is 5.75 Å². The molecular formula is C22H27N5O. The van der Waals surface area contributed by atoms with Crippen LogP contribution in [0.25, 0.3) is 0 Å². The van der Waals surface area contributed by atoms with Crippen LogP contribution in [-0.2, 0) is 6.54 Å². The first kappa shape index (κ1) is 19.6. The summed E-state index contributed by atoms with van der Waals surface area (Å²) >= 11 is 0. The van der Waals surface area contributed by atoms with Crippen LogP contribution in [0.1, 0.15) is 24.5 Å². The van der Waals surface area contributed by atoms with Crippen molar-refractivity contribution in [2.24, 2.45) is 4.99 Å². The van der Waals surface area contributed by atoms with Gasteiger partial charge < -0.3 is 20.3 Å². The van der Waals surface area contributed by atoms with E-state index >= 15 is 0 Å². The minimum absolute atomic E-state index is 0.323. The number of ether oxygens (including phenoxy) is 1. The molecule has 6 heteroatoms. The molecule has 1 heterocycles. The van der Waals surface area contributed by atoms with Crippen molar-refractivity contribution in [2.75, 3.05) is 31.6 Å². The van der Waals surface area contributed by atoms with Gasteiger partial charge in [0.15, 0.2) is 5.96 Å². The molecule has 1 atom stereocenters. The molecule has 0 aromatic heterocycles. The first-order chi connectivity index (χ1) is 13.7. The summed E-state index contributed by atoms with van der Waals surface area (Å²) in [5.74, 6) is 1.73. The Morgan fingerprint density at radius 2 is 2.04 bits per heavy atom. The lowest BCUT2D eigenvalue weighted by molar-refractivity contribution is 0.415. The highest BCUT2D eigenvalue weighted by Gasteiger charge is 2.25. The van der Waals surface area contributed by atoms with Crippen molar-refractivity contribution in [1.82, 2.24) is 10.6 Å². The van der Waals surface area contributed by atoms with Crippen LogP contribution in [-0.4, -0.2) is 38.7 Å². The summed E-state index contributed by atoms with van der Waals surface area (Å²) in [6.45, 7) is 5.33. The predicted octanol–water partition coefficient (Wildman–Crippen LogP) is 2.90. The fraction of sp³-hybridized carbons (Fsp3) is 0.364. The molecule has 1 aliphatic rings. The van der Waals surface area contributed by atoms with E-state index in [1.807, 2.05) is 42.5 Å². The Morgan fingerprint density at radius 1 is 1.25 bits per heavy atom. The fourth-order valence-corrected chi connectivity index (χ4v) is 3.36. The van der Waals surface area contributed by atoms with Gasteiger partial charge in [0.2, 0.25) is 0 Å². The van der Waals surface area contributed by atoms with E-state index in [1.165, 1.54) is 0 Å². The molecule has 6 nitrogen and oxygen atoms in total. The lowest BCUT2D eigenvalue weighted by Gasteiger charge is -2.22. The van der Waals surface area contributed by atoms with Gasteiger partial charge in [0, 0.05) is 25.7 Å². The zero-order valence-corrected chi connectivity index (χ0v) is 16.5. The van der Waals surface area contributed by atoms with Crippen molar-refractivity contribution in [3.8, 4) is 11.8 Å². The van der Waals surface area contributed by atoms with Crippen molar-refractivity contribution in [1.29, 1.82) is 5.26 Å². The van der Waals surface area contributed by atoms with Crippen molar-refractivity contribution >= 4 is 11.6 Å². The van der Waals surface area contributed by atoms with E-state index < -0.39 is 0 Å². The Kier molecular flexibility index (Phi) is 6.74. The Hall–Kier alpha value is -3.20. The smallest absolute Gasteiger partial charge is 0.191 e. The van der Waals surface area contributed by atoms with Crippen LogP contribution in [0, 0.1) is 11.3 Å². The molecule has 0 amide bonds. The topological polar surface area (TPSA) is 72.7 Å². The molecule has 2 N–H and O–H groups in total. The maximum absolute atomic E-state index is 8.90. The van der Waals surface area contributed by atoms with Crippen LogP contribution < -0.4 is 20.3 Å². The number of para-hydroxylation sites is 2. The number of nitrogens with one attached hydrogen (secondary N) is 2. The van der Waals surface area contributed by atoms with Crippen molar-refractivity contribution in [3.05, 3.63) is 59.7 Å². The number of guanidine groups is 1. The second kappa shape index (κ2) is 9.65. The second-order valence-corrected chi connectivity index (χ2v) is 6.75. The summed E-state index contributed by atoms with van der Waals surface area (Å²) in [6.07, 6.45) is 1.04. The maximum atomic E-state index is 8.90. The molecule has 1 fully saturated rings. The number of methoxy groups -OCH3 is 1. The number of benzene rings is 2. The lowest BCUT2D eigenvalue weighted by Crippen LogP contribution is -2.44. The highest BCUT2D eigenvalue weighted by Crippen LogP contribution is 2.30. The number of hydrogen-bond donors (Lipinski definition) is 2. The highest BCUT2D eigenvalue weighted by atomic mass is 16.5. The summed E-state index contributed by atoms with van der Waals surface area (Å²) < 4.78 is 5.50. The molecule has 2 aromatic carbocycles. The maximum Gasteiger partial charge on any atom is 0.191 e. The zero-order chi connectivity index (χ0) is 19.8. The summed E-state index contributed by atoms with van der Waals surface area (Å²) in [6, 6.07) is 18.2. The number of nitrogens with zero attached hydrogens (tertiary/aromatic N) is 3. The predicted molar refractivity (Wildman–Crippen MR) is 113 cm³/mol. The third-order valence-electron chi connectivity index (χ3n) is 4.80. The first-order valence-corrected chi connectivity index (χ1v) is 9.65. The third kappa shape index (κ3) is 4.95. The molecule has 0 radical (unpaired) electrons. The van der Waals surface area contributed by atoms with Gasteiger partial charge in [-0.1, -0.05) is 24.3 Å². The zero-order valence-electron chi connectivity index (χ0n) is 16.5. The Labute approximate surface area is 166 Å².